The molecule has 134 valence electrons. The Morgan fingerprint density at radius 1 is 1.16 bits per heavy atom. The third-order valence-electron chi connectivity index (χ3n) is 5.02. The van der Waals surface area contributed by atoms with Crippen LogP contribution in [0.1, 0.15) is 32.1 Å². The molecule has 1 aliphatic heterocycles. The minimum absolute atomic E-state index is 0.000319. The van der Waals surface area contributed by atoms with E-state index in [1.807, 2.05) is 6.08 Å². The zero-order valence-electron chi connectivity index (χ0n) is 14.0. The highest BCUT2D eigenvalue weighted by atomic mass is 19.1. The van der Waals surface area contributed by atoms with Crippen LogP contribution in [0, 0.1) is 11.7 Å². The Kier molecular flexibility index (Phi) is 5.06. The fourth-order valence-electron chi connectivity index (χ4n) is 3.45. The van der Waals surface area contributed by atoms with Crippen LogP contribution in [0.4, 0.5) is 4.39 Å². The molecule has 0 aromatic heterocycles. The van der Waals surface area contributed by atoms with Crippen LogP contribution in [0.3, 0.4) is 0 Å². The van der Waals surface area contributed by atoms with Gasteiger partial charge in [0.15, 0.2) is 0 Å². The van der Waals surface area contributed by atoms with Crippen LogP contribution in [-0.2, 0) is 9.59 Å². The van der Waals surface area contributed by atoms with Crippen molar-refractivity contribution < 1.29 is 23.8 Å². The van der Waals surface area contributed by atoms with Gasteiger partial charge < -0.3 is 14.7 Å². The predicted molar refractivity (Wildman–Crippen MR) is 89.7 cm³/mol. The number of piperidine rings is 1. The summed E-state index contributed by atoms with van der Waals surface area (Å²) in [4.78, 5) is 26.2. The summed E-state index contributed by atoms with van der Waals surface area (Å²) in [5.74, 6) is -1.03. The second kappa shape index (κ2) is 7.25. The van der Waals surface area contributed by atoms with Crippen LogP contribution in [0.5, 0.6) is 5.75 Å². The third-order valence-corrected chi connectivity index (χ3v) is 5.02. The summed E-state index contributed by atoms with van der Waals surface area (Å²) in [6.45, 7) is 0.707. The lowest BCUT2D eigenvalue weighted by atomic mass is 9.88. The van der Waals surface area contributed by atoms with E-state index in [4.69, 9.17) is 4.74 Å². The minimum atomic E-state index is -1.37. The van der Waals surface area contributed by atoms with Gasteiger partial charge in [0.1, 0.15) is 11.6 Å². The molecule has 5 nitrogen and oxygen atoms in total. The first-order valence-electron chi connectivity index (χ1n) is 8.62. The molecule has 1 aliphatic carbocycles. The largest absolute Gasteiger partial charge is 0.478 e. The molecule has 0 radical (unpaired) electrons. The van der Waals surface area contributed by atoms with Gasteiger partial charge in [-0.3, -0.25) is 4.79 Å². The minimum Gasteiger partial charge on any atom is -0.478 e. The molecule has 1 heterocycles. The monoisotopic (exact) mass is 347 g/mol. The number of nitrogens with zero attached hydrogens (tertiary/aromatic N) is 1. The quantitative estimate of drug-likeness (QED) is 0.850. The number of likely N-dealkylation sites (tertiary alicyclic amines) is 1. The number of carbonyl (C=O) groups excluding carboxylic acids is 1. The summed E-state index contributed by atoms with van der Waals surface area (Å²) in [5, 5.41) is 9.67. The van der Waals surface area contributed by atoms with E-state index in [1.54, 1.807) is 4.90 Å². The maximum atomic E-state index is 13.0. The number of carboxylic acids is 1. The number of aliphatic carboxylic acids is 1. The average Bonchev–Trinajstić information content (AvgIpc) is 2.64. The first kappa shape index (κ1) is 17.5. The molecule has 1 N–H and O–H groups in total. The summed E-state index contributed by atoms with van der Waals surface area (Å²) in [6.07, 6.45) is 7.08. The van der Waals surface area contributed by atoms with Crippen LogP contribution in [0.25, 0.3) is 0 Å². The number of halogens is 1. The molecule has 6 heteroatoms. The number of hydrogen-bond donors (Lipinski definition) is 1. The summed E-state index contributed by atoms with van der Waals surface area (Å²) in [7, 11) is 0. The molecule has 0 bridgehead atoms. The van der Waals surface area contributed by atoms with Crippen molar-refractivity contribution >= 4 is 11.9 Å². The first-order valence-corrected chi connectivity index (χ1v) is 8.62. The van der Waals surface area contributed by atoms with E-state index >= 15 is 0 Å². The lowest BCUT2D eigenvalue weighted by Gasteiger charge is -2.40. The number of benzene rings is 1. The van der Waals surface area contributed by atoms with Gasteiger partial charge in [0.05, 0.1) is 0 Å². The van der Waals surface area contributed by atoms with Crippen molar-refractivity contribution in [2.24, 2.45) is 5.92 Å². The molecule has 1 amide bonds. The zero-order chi connectivity index (χ0) is 17.9. The number of carboxylic acid groups (broad SMARTS) is 1. The Hall–Kier alpha value is -2.37. The van der Waals surface area contributed by atoms with Gasteiger partial charge in [-0.25, -0.2) is 9.18 Å². The fourth-order valence-corrected chi connectivity index (χ4v) is 3.45. The number of rotatable bonds is 4. The van der Waals surface area contributed by atoms with Crippen molar-refractivity contribution in [1.29, 1.82) is 0 Å². The van der Waals surface area contributed by atoms with Gasteiger partial charge in [-0.2, -0.15) is 0 Å². The van der Waals surface area contributed by atoms with E-state index in [0.29, 0.717) is 18.8 Å². The van der Waals surface area contributed by atoms with Gasteiger partial charge in [-0.1, -0.05) is 12.2 Å². The smallest absolute Gasteiger partial charge is 0.348 e. The zero-order valence-corrected chi connectivity index (χ0v) is 14.0. The van der Waals surface area contributed by atoms with Gasteiger partial charge in [-0.15, -0.1) is 0 Å². The number of hydrogen-bond acceptors (Lipinski definition) is 3. The molecule has 1 saturated heterocycles. The average molecular weight is 347 g/mol. The Balaban J connectivity index is 1.66. The predicted octanol–water partition coefficient (Wildman–Crippen LogP) is 3.01. The lowest BCUT2D eigenvalue weighted by molar-refractivity contribution is -0.162. The SMILES string of the molecule is O=C(C1CC=CCC1)N1CCC(Oc2ccc(F)cc2)(C(=O)O)CC1. The van der Waals surface area contributed by atoms with Gasteiger partial charge in [0, 0.05) is 31.8 Å². The fraction of sp³-hybridized carbons (Fsp3) is 0.474. The van der Waals surface area contributed by atoms with Crippen LogP contribution in [0.2, 0.25) is 0 Å². The highest BCUT2D eigenvalue weighted by Gasteiger charge is 2.45. The normalized spacial score (nSPS) is 22.4. The molecule has 1 unspecified atom stereocenters. The van der Waals surface area contributed by atoms with Crippen molar-refractivity contribution in [2.45, 2.75) is 37.7 Å². The van der Waals surface area contributed by atoms with Crippen LogP contribution < -0.4 is 4.74 Å². The van der Waals surface area contributed by atoms with Crippen molar-refractivity contribution in [2.75, 3.05) is 13.1 Å². The number of amides is 1. The number of carbonyl (C=O) groups is 2. The van der Waals surface area contributed by atoms with Crippen LogP contribution >= 0.6 is 0 Å². The molecule has 25 heavy (non-hydrogen) atoms. The number of ether oxygens (including phenoxy) is 1. The van der Waals surface area contributed by atoms with Crippen LogP contribution in [0.15, 0.2) is 36.4 Å². The first-order chi connectivity index (χ1) is 12.0. The Morgan fingerprint density at radius 2 is 1.84 bits per heavy atom. The van der Waals surface area contributed by atoms with Gasteiger partial charge in [0.25, 0.3) is 0 Å². The summed E-state index contributed by atoms with van der Waals surface area (Å²) in [5.41, 5.74) is -1.37. The Morgan fingerprint density at radius 3 is 2.40 bits per heavy atom. The highest BCUT2D eigenvalue weighted by molar-refractivity contribution is 5.81. The van der Waals surface area contributed by atoms with Crippen LogP contribution in [-0.4, -0.2) is 40.6 Å². The van der Waals surface area contributed by atoms with Crippen molar-refractivity contribution in [3.05, 3.63) is 42.2 Å². The molecule has 0 spiro atoms. The molecule has 1 aromatic carbocycles. The van der Waals surface area contributed by atoms with E-state index in [1.165, 1.54) is 24.3 Å². The van der Waals surface area contributed by atoms with Crippen molar-refractivity contribution in [1.82, 2.24) is 4.90 Å². The van der Waals surface area contributed by atoms with Gasteiger partial charge in [-0.05, 0) is 43.5 Å². The molecule has 3 rings (SSSR count). The summed E-state index contributed by atoms with van der Waals surface area (Å²) in [6, 6.07) is 5.32. The molecule has 1 fully saturated rings. The second-order valence-corrected chi connectivity index (χ2v) is 6.66. The topological polar surface area (TPSA) is 66.8 Å². The second-order valence-electron chi connectivity index (χ2n) is 6.66. The molecule has 1 aromatic rings. The van der Waals surface area contributed by atoms with E-state index in [-0.39, 0.29) is 24.7 Å². The van der Waals surface area contributed by atoms with E-state index in [2.05, 4.69) is 6.08 Å². The maximum absolute atomic E-state index is 13.0. The van der Waals surface area contributed by atoms with E-state index in [9.17, 15) is 19.1 Å². The third kappa shape index (κ3) is 3.83. The molecular formula is C19H22FNO4. The highest BCUT2D eigenvalue weighted by Crippen LogP contribution is 2.31. The Bertz CT molecular complexity index is 663. The summed E-state index contributed by atoms with van der Waals surface area (Å²) >= 11 is 0. The Labute approximate surface area is 146 Å². The molecule has 0 saturated carbocycles. The van der Waals surface area contributed by atoms with Gasteiger partial charge in [0.2, 0.25) is 11.5 Å². The van der Waals surface area contributed by atoms with Crippen molar-refractivity contribution in [3.8, 4) is 5.75 Å². The number of allylic oxidation sites excluding steroid dienone is 2. The molecule has 1 atom stereocenters. The standard InChI is InChI=1S/C19H22FNO4/c20-15-6-8-16(9-7-15)25-19(18(23)24)10-12-21(13-11-19)17(22)14-4-2-1-3-5-14/h1-2,6-9,14H,3-5,10-13H2,(H,23,24). The molecular weight excluding hydrogens is 325 g/mol. The summed E-state index contributed by atoms with van der Waals surface area (Å²) < 4.78 is 18.7. The van der Waals surface area contributed by atoms with Gasteiger partial charge >= 0.3 is 5.97 Å². The lowest BCUT2D eigenvalue weighted by Crippen LogP contribution is -2.55. The van der Waals surface area contributed by atoms with Crippen molar-refractivity contribution in [3.63, 3.8) is 0 Å². The molecule has 2 aliphatic rings. The van der Waals surface area contributed by atoms with E-state index in [0.717, 1.165) is 19.3 Å². The maximum Gasteiger partial charge on any atom is 0.348 e. The van der Waals surface area contributed by atoms with E-state index < -0.39 is 17.4 Å².